The van der Waals surface area contributed by atoms with Gasteiger partial charge in [0.2, 0.25) is 9.67 Å². The number of nitrogens with zero attached hydrogens (tertiary/aromatic N) is 3. The Kier molecular flexibility index (Phi) is 12.4. The van der Waals surface area contributed by atoms with E-state index in [-0.39, 0.29) is 19.7 Å². The van der Waals surface area contributed by atoms with Crippen molar-refractivity contribution in [3.8, 4) is 11.6 Å². The summed E-state index contributed by atoms with van der Waals surface area (Å²) in [7, 11) is 1.63. The summed E-state index contributed by atoms with van der Waals surface area (Å²) in [6.45, 7) is 9.59. The summed E-state index contributed by atoms with van der Waals surface area (Å²) in [6, 6.07) is 10.1. The molecule has 0 spiro atoms. The van der Waals surface area contributed by atoms with Gasteiger partial charge in [0, 0.05) is 37.3 Å². The molecule has 3 heterocycles. The smallest absolute Gasteiger partial charge is 0.411 e. The maximum absolute atomic E-state index is 13.6. The van der Waals surface area contributed by atoms with Crippen LogP contribution in [-0.2, 0) is 20.8 Å². The topological polar surface area (TPSA) is 120 Å². The molecular weight excluding hydrogens is 685 g/mol. The molecule has 0 aliphatic carbocycles. The first-order valence-corrected chi connectivity index (χ1v) is 16.9. The number of aliphatic hydroxyl groups excluding tert-OH is 1. The van der Waals surface area contributed by atoms with Crippen molar-refractivity contribution in [3.05, 3.63) is 59.3 Å². The van der Waals surface area contributed by atoms with Gasteiger partial charge in [0.15, 0.2) is 5.60 Å². The Labute approximate surface area is 297 Å². The van der Waals surface area contributed by atoms with Crippen molar-refractivity contribution in [2.45, 2.75) is 81.1 Å². The minimum Gasteiger partial charge on any atom is -0.496 e. The number of aliphatic hydroxyl groups is 1. The Morgan fingerprint density at radius 1 is 0.979 bits per heavy atom. The number of carbonyl (C=O) groups excluding carboxylic acids is 2. The Hall–Kier alpha value is -2.96. The van der Waals surface area contributed by atoms with Crippen LogP contribution in [0.5, 0.6) is 11.6 Å². The number of rotatable bonds is 11. The average molecular weight is 729 g/mol. The van der Waals surface area contributed by atoms with Gasteiger partial charge in [0.25, 0.3) is 0 Å². The molecule has 264 valence electrons. The molecule has 48 heavy (non-hydrogen) atoms. The lowest BCUT2D eigenvalue weighted by molar-refractivity contribution is -0.0328. The summed E-state index contributed by atoms with van der Waals surface area (Å²) in [5, 5.41) is 10.7. The minimum atomic E-state index is -1.89. The molecular formula is C34H44Cl3N3O8. The van der Waals surface area contributed by atoms with Gasteiger partial charge >= 0.3 is 12.2 Å². The van der Waals surface area contributed by atoms with Crippen LogP contribution in [0.25, 0.3) is 5.57 Å². The standard InChI is InChI=1S/C34H44Cl3N3O8/c1-32(2,3)47-30(42)39-18-24-16-25(26(20-41)27(19-39)40(24)31(43)48-33(4,5)34(35,36)37)22-12-13-29(38-17-22)46-15-9-14-45-21-23-10-7-8-11-28(23)44-6/h7-8,10-13,17,24,27,41H,9,14-16,18-21H2,1-6H3. The number of benzene rings is 1. The van der Waals surface area contributed by atoms with E-state index in [0.29, 0.717) is 44.1 Å². The van der Waals surface area contributed by atoms with E-state index in [2.05, 4.69) is 4.98 Å². The zero-order valence-corrected chi connectivity index (χ0v) is 30.4. The Balaban J connectivity index is 1.46. The molecule has 2 aliphatic heterocycles. The maximum atomic E-state index is 13.6. The van der Waals surface area contributed by atoms with Crippen molar-refractivity contribution in [2.24, 2.45) is 0 Å². The van der Waals surface area contributed by atoms with Crippen molar-refractivity contribution >= 4 is 52.6 Å². The van der Waals surface area contributed by atoms with Crippen LogP contribution < -0.4 is 9.47 Å². The van der Waals surface area contributed by atoms with Crippen LogP contribution in [0.3, 0.4) is 0 Å². The number of carbonyl (C=O) groups is 2. The number of ether oxygens (including phenoxy) is 5. The molecule has 1 aromatic carbocycles. The van der Waals surface area contributed by atoms with Gasteiger partial charge in [0.05, 0.1) is 45.6 Å². The molecule has 4 rings (SSSR count). The Morgan fingerprint density at radius 2 is 1.71 bits per heavy atom. The summed E-state index contributed by atoms with van der Waals surface area (Å²) in [6.07, 6.45) is 1.42. The number of amides is 2. The molecule has 2 bridgehead atoms. The average Bonchev–Trinajstić information content (AvgIpc) is 3.00. The van der Waals surface area contributed by atoms with E-state index >= 15 is 0 Å². The highest BCUT2D eigenvalue weighted by Crippen LogP contribution is 2.43. The molecule has 0 saturated carbocycles. The second-order valence-electron chi connectivity index (χ2n) is 13.2. The van der Waals surface area contributed by atoms with Gasteiger partial charge in [0.1, 0.15) is 11.4 Å². The number of hydrogen-bond donors (Lipinski definition) is 1. The molecule has 11 nitrogen and oxygen atoms in total. The van der Waals surface area contributed by atoms with Gasteiger partial charge in [-0.1, -0.05) is 53.0 Å². The highest BCUT2D eigenvalue weighted by Gasteiger charge is 2.50. The second-order valence-corrected chi connectivity index (χ2v) is 15.4. The lowest BCUT2D eigenvalue weighted by atomic mass is 9.83. The van der Waals surface area contributed by atoms with Crippen LogP contribution in [0.1, 0.15) is 58.6 Å². The monoisotopic (exact) mass is 727 g/mol. The molecule has 0 radical (unpaired) electrons. The van der Waals surface area contributed by atoms with Crippen molar-refractivity contribution in [3.63, 3.8) is 0 Å². The van der Waals surface area contributed by atoms with E-state index in [9.17, 15) is 14.7 Å². The maximum Gasteiger partial charge on any atom is 0.411 e. The highest BCUT2D eigenvalue weighted by atomic mass is 35.6. The van der Waals surface area contributed by atoms with Crippen LogP contribution in [0.2, 0.25) is 0 Å². The van der Waals surface area contributed by atoms with Crippen LogP contribution in [0, 0.1) is 0 Å². The van der Waals surface area contributed by atoms with E-state index in [1.54, 1.807) is 45.0 Å². The molecule has 2 unspecified atom stereocenters. The first kappa shape index (κ1) is 37.9. The number of alkyl halides is 3. The number of fused-ring (bicyclic) bond motifs is 2. The molecule has 2 aromatic rings. The third-order valence-electron chi connectivity index (χ3n) is 8.06. The Morgan fingerprint density at radius 3 is 2.33 bits per heavy atom. The van der Waals surface area contributed by atoms with Crippen LogP contribution in [-0.4, -0.2) is 99.2 Å². The number of para-hydroxylation sites is 1. The van der Waals surface area contributed by atoms with Gasteiger partial charge in [-0.2, -0.15) is 0 Å². The van der Waals surface area contributed by atoms with Crippen LogP contribution in [0.15, 0.2) is 48.2 Å². The van der Waals surface area contributed by atoms with Crippen LogP contribution in [0.4, 0.5) is 9.59 Å². The summed E-state index contributed by atoms with van der Waals surface area (Å²) in [5.74, 6) is 1.23. The summed E-state index contributed by atoms with van der Waals surface area (Å²) in [4.78, 5) is 34.3. The first-order valence-electron chi connectivity index (χ1n) is 15.7. The predicted octanol–water partition coefficient (Wildman–Crippen LogP) is 6.80. The molecule has 14 heteroatoms. The number of methoxy groups -OCH3 is 1. The van der Waals surface area contributed by atoms with Crippen LogP contribution >= 0.6 is 34.8 Å². The number of piperazine rings is 1. The molecule has 1 fully saturated rings. The molecule has 1 aromatic heterocycles. The van der Waals surface area contributed by atoms with E-state index in [4.69, 9.17) is 58.5 Å². The van der Waals surface area contributed by atoms with Gasteiger partial charge in [-0.15, -0.1) is 0 Å². The lowest BCUT2D eigenvalue weighted by Crippen LogP contribution is -2.65. The number of pyridine rings is 1. The van der Waals surface area contributed by atoms with Crippen molar-refractivity contribution in [2.75, 3.05) is 40.0 Å². The zero-order valence-electron chi connectivity index (χ0n) is 28.1. The molecule has 1 N–H and O–H groups in total. The largest absolute Gasteiger partial charge is 0.496 e. The van der Waals surface area contributed by atoms with E-state index in [0.717, 1.165) is 22.4 Å². The van der Waals surface area contributed by atoms with E-state index in [1.165, 1.54) is 18.7 Å². The predicted molar refractivity (Wildman–Crippen MR) is 184 cm³/mol. The van der Waals surface area contributed by atoms with Gasteiger partial charge < -0.3 is 33.7 Å². The van der Waals surface area contributed by atoms with E-state index < -0.39 is 39.3 Å². The summed E-state index contributed by atoms with van der Waals surface area (Å²) < 4.78 is 26.4. The second kappa shape index (κ2) is 15.7. The van der Waals surface area contributed by atoms with Crippen molar-refractivity contribution in [1.82, 2.24) is 14.8 Å². The highest BCUT2D eigenvalue weighted by molar-refractivity contribution is 6.68. The number of halogens is 3. The zero-order chi connectivity index (χ0) is 35.3. The van der Waals surface area contributed by atoms with Gasteiger partial charge in [-0.25, -0.2) is 14.6 Å². The van der Waals surface area contributed by atoms with Crippen molar-refractivity contribution < 1.29 is 38.4 Å². The SMILES string of the molecule is COc1ccccc1COCCCOc1ccc(C2=C(CO)C3CN(C(=O)OC(C)(C)C)CC(C2)N3C(=O)OC(C)(C)C(Cl)(Cl)Cl)cn1. The minimum absolute atomic E-state index is 0.0713. The number of aromatic nitrogens is 1. The molecule has 2 aliphatic rings. The molecule has 2 atom stereocenters. The van der Waals surface area contributed by atoms with E-state index in [1.807, 2.05) is 30.3 Å². The van der Waals surface area contributed by atoms with Crippen molar-refractivity contribution in [1.29, 1.82) is 0 Å². The third kappa shape index (κ3) is 9.38. The fraction of sp³-hybridized carbons (Fsp3) is 0.559. The summed E-state index contributed by atoms with van der Waals surface area (Å²) in [5.41, 5.74) is 0.942. The van der Waals surface area contributed by atoms with Gasteiger partial charge in [-0.3, -0.25) is 4.90 Å². The Bertz CT molecular complexity index is 1460. The fourth-order valence-corrected chi connectivity index (χ4v) is 5.66. The number of hydrogen-bond acceptors (Lipinski definition) is 9. The first-order chi connectivity index (χ1) is 22.5. The third-order valence-corrected chi connectivity index (χ3v) is 9.42. The summed E-state index contributed by atoms with van der Waals surface area (Å²) >= 11 is 18.3. The normalized spacial score (nSPS) is 18.5. The molecule has 2 amide bonds. The fourth-order valence-electron chi connectivity index (χ4n) is 5.55. The quantitative estimate of drug-likeness (QED) is 0.197. The lowest BCUT2D eigenvalue weighted by Gasteiger charge is -2.51. The molecule has 1 saturated heterocycles. The van der Waals surface area contributed by atoms with Gasteiger partial charge in [-0.05, 0) is 69.9 Å².